The molecule has 1 atom stereocenters. The predicted molar refractivity (Wildman–Crippen MR) is 116 cm³/mol. The van der Waals surface area contributed by atoms with Gasteiger partial charge in [-0.25, -0.2) is 18.7 Å². The van der Waals surface area contributed by atoms with Crippen LogP contribution in [0.15, 0.2) is 55.0 Å². The fourth-order valence-electron chi connectivity index (χ4n) is 3.58. The Labute approximate surface area is 226 Å². The Bertz CT molecular complexity index is 1430. The van der Waals surface area contributed by atoms with Gasteiger partial charge in [-0.05, 0) is 30.3 Å². The average Bonchev–Trinajstić information content (AvgIpc) is 3.49. The zero-order valence-corrected chi connectivity index (χ0v) is 22.6. The Kier molecular flexibility index (Phi) is 6.81. The summed E-state index contributed by atoms with van der Waals surface area (Å²) < 4.78 is 23.4. The first-order valence-electron chi connectivity index (χ1n) is 9.63. The van der Waals surface area contributed by atoms with Crippen molar-refractivity contribution < 1.29 is 62.8 Å². The number of nitrogens with one attached hydrogen (secondary N) is 2. The summed E-state index contributed by atoms with van der Waals surface area (Å²) in [6, 6.07) is 11.5. The fourth-order valence-corrected chi connectivity index (χ4v) is 4.47. The number of fused-ring (bicyclic) bond motifs is 1. The molecule has 0 aliphatic carbocycles. The van der Waals surface area contributed by atoms with Gasteiger partial charge in [-0.2, -0.15) is 0 Å². The molecule has 9 nitrogen and oxygen atoms in total. The molecule has 3 heterocycles. The van der Waals surface area contributed by atoms with E-state index in [0.717, 1.165) is 4.70 Å². The van der Waals surface area contributed by atoms with Crippen molar-refractivity contribution in [1.29, 1.82) is 5.41 Å². The number of imidazole rings is 1. The van der Waals surface area contributed by atoms with E-state index in [0.29, 0.717) is 11.2 Å². The molecule has 1 aliphatic heterocycles. The Morgan fingerprint density at radius 2 is 2.09 bits per heavy atom. The number of para-hydroxylation sites is 1. The molecule has 0 bridgehead atoms. The molecular weight excluding hydrogens is 662 g/mol. The zero-order chi connectivity index (χ0) is 22.4. The first kappa shape index (κ1) is 23.8. The minimum Gasteiger partial charge on any atom is -0.674 e. The Hall–Kier alpha value is -2.39. The summed E-state index contributed by atoms with van der Waals surface area (Å²) in [5.74, 6) is -1.10. The molecule has 1 saturated heterocycles. The molecule has 1 aliphatic rings. The number of carbonyl (C=O) groups is 2. The number of cyclic esters (lactones) is 1. The van der Waals surface area contributed by atoms with Crippen LogP contribution < -0.4 is 9.70 Å². The molecule has 5 rings (SSSR count). The van der Waals surface area contributed by atoms with E-state index in [2.05, 4.69) is 4.98 Å². The smallest absolute Gasteiger partial charge is 0.414 e. The second kappa shape index (κ2) is 9.46. The monoisotopic (exact) mass is 678 g/mol. The minimum atomic E-state index is -0.615. The van der Waals surface area contributed by atoms with E-state index in [1.807, 2.05) is 12.1 Å². The summed E-state index contributed by atoms with van der Waals surface area (Å²) in [6.45, 7) is 0.123. The van der Waals surface area contributed by atoms with Gasteiger partial charge in [0.2, 0.25) is 0 Å². The van der Waals surface area contributed by atoms with Crippen molar-refractivity contribution in [2.24, 2.45) is 0 Å². The molecule has 0 unspecified atom stereocenters. The second-order valence-electron chi connectivity index (χ2n) is 7.14. The maximum Gasteiger partial charge on any atom is 0.414 e. The van der Waals surface area contributed by atoms with Gasteiger partial charge in [0.25, 0.3) is 5.91 Å². The molecule has 0 spiro atoms. The number of ether oxygens (including phenoxy) is 1. The van der Waals surface area contributed by atoms with E-state index in [1.54, 1.807) is 18.2 Å². The number of benzene rings is 2. The van der Waals surface area contributed by atoms with Gasteiger partial charge in [-0.15, -0.1) is 6.54 Å². The van der Waals surface area contributed by atoms with Gasteiger partial charge in [0.1, 0.15) is 23.9 Å². The Balaban J connectivity index is 0.00000259. The van der Waals surface area contributed by atoms with Crippen molar-refractivity contribution in [3.63, 3.8) is 0 Å². The van der Waals surface area contributed by atoms with Crippen LogP contribution in [-0.2, 0) is 4.74 Å². The van der Waals surface area contributed by atoms with Crippen molar-refractivity contribution >= 4 is 39.2 Å². The number of halogens is 1. The van der Waals surface area contributed by atoms with Crippen molar-refractivity contribution in [2.45, 2.75) is 6.10 Å². The number of amides is 1. The van der Waals surface area contributed by atoms with E-state index in [9.17, 15) is 14.0 Å². The van der Waals surface area contributed by atoms with Gasteiger partial charge >= 0.3 is 6.09 Å². The standard InChI is InChI=1S/C21H16FN6O3S.Ac/c22-14-7-12(27-9-13(8-23)31-21(27)30)5-6-16(14)26-10-15(25-11-26)19(29)28-17-3-1-2-4-18(17)32-20(28)24;/h1-7,10-11,13,23-24H,8-9H2;/q-1;/t13-;/m0./s1. The molecule has 33 heavy (non-hydrogen) atoms. The van der Waals surface area contributed by atoms with Crippen LogP contribution in [0.5, 0.6) is 0 Å². The first-order valence-corrected chi connectivity index (χ1v) is 10.4. The number of hydrogen-bond acceptors (Lipinski definition) is 6. The Morgan fingerprint density at radius 1 is 1.30 bits per heavy atom. The molecule has 12 heteroatoms. The number of aromatic nitrogens is 3. The third kappa shape index (κ3) is 4.28. The van der Waals surface area contributed by atoms with Gasteiger partial charge in [0.05, 0.1) is 28.1 Å². The molecule has 1 amide bonds. The zero-order valence-electron chi connectivity index (χ0n) is 17.1. The summed E-state index contributed by atoms with van der Waals surface area (Å²) in [5.41, 5.74) is 8.50. The van der Waals surface area contributed by atoms with Crippen LogP contribution in [0, 0.1) is 55.3 Å². The molecule has 2 N–H and O–H groups in total. The molecule has 1 fully saturated rings. The quantitative estimate of drug-likeness (QED) is 0.356. The number of hydrogen-bond donors (Lipinski definition) is 1. The summed E-state index contributed by atoms with van der Waals surface area (Å²) >= 11 is 1.18. The maximum absolute atomic E-state index is 14.9. The molecule has 1 radical (unpaired) electrons. The van der Waals surface area contributed by atoms with Crippen molar-refractivity contribution in [3.8, 4) is 5.69 Å². The number of nitrogens with zero attached hydrogens (tertiary/aromatic N) is 4. The van der Waals surface area contributed by atoms with Crippen molar-refractivity contribution in [2.75, 3.05) is 18.0 Å². The van der Waals surface area contributed by atoms with Crippen LogP contribution in [0.1, 0.15) is 10.5 Å². The van der Waals surface area contributed by atoms with E-state index >= 15 is 0 Å². The van der Waals surface area contributed by atoms with Crippen LogP contribution in [0.4, 0.5) is 14.9 Å². The largest absolute Gasteiger partial charge is 0.674 e. The van der Waals surface area contributed by atoms with Gasteiger partial charge in [0.15, 0.2) is 4.80 Å². The summed E-state index contributed by atoms with van der Waals surface area (Å²) in [5, 5.41) is 8.15. The number of rotatable bonds is 4. The van der Waals surface area contributed by atoms with Crippen LogP contribution >= 0.6 is 11.3 Å². The summed E-state index contributed by atoms with van der Waals surface area (Å²) in [7, 11) is 0. The third-order valence-corrected chi connectivity index (χ3v) is 6.08. The molecular formula is C21H16AcFN6O3S-. The average molecular weight is 678 g/mol. The predicted octanol–water partition coefficient (Wildman–Crippen LogP) is 3.57. The van der Waals surface area contributed by atoms with Gasteiger partial charge in [-0.1, -0.05) is 23.5 Å². The topological polar surface area (TPSA) is 117 Å². The van der Waals surface area contributed by atoms with Crippen LogP contribution in [-0.4, -0.2) is 45.3 Å². The Morgan fingerprint density at radius 3 is 2.82 bits per heavy atom. The molecule has 2 aromatic heterocycles. The molecule has 165 valence electrons. The van der Waals surface area contributed by atoms with E-state index in [-0.39, 0.29) is 73.3 Å². The van der Waals surface area contributed by atoms with Gasteiger partial charge < -0.3 is 15.0 Å². The van der Waals surface area contributed by atoms with Crippen molar-refractivity contribution in [1.82, 2.24) is 14.1 Å². The van der Waals surface area contributed by atoms with Gasteiger partial charge in [0, 0.05) is 50.3 Å². The summed E-state index contributed by atoms with van der Waals surface area (Å²) in [4.78, 5) is 30.4. The van der Waals surface area contributed by atoms with E-state index in [1.165, 1.54) is 50.0 Å². The van der Waals surface area contributed by atoms with Crippen LogP contribution in [0.25, 0.3) is 21.6 Å². The fraction of sp³-hybridized carbons (Fsp3) is 0.143. The van der Waals surface area contributed by atoms with Gasteiger partial charge in [-0.3, -0.25) is 15.1 Å². The maximum atomic E-state index is 14.9. The van der Waals surface area contributed by atoms with Crippen LogP contribution in [0.2, 0.25) is 0 Å². The van der Waals surface area contributed by atoms with Crippen molar-refractivity contribution in [3.05, 3.63) is 77.0 Å². The third-order valence-electron chi connectivity index (χ3n) is 5.14. The first-order chi connectivity index (χ1) is 15.5. The number of thiazole rings is 1. The van der Waals surface area contributed by atoms with E-state index in [4.69, 9.17) is 15.9 Å². The van der Waals surface area contributed by atoms with E-state index < -0.39 is 23.9 Å². The minimum absolute atomic E-state index is 0. The second-order valence-corrected chi connectivity index (χ2v) is 8.17. The van der Waals surface area contributed by atoms with Crippen LogP contribution in [0.3, 0.4) is 0 Å². The SMILES string of the molecule is N=c1sc2ccccc2n1C(=O)c1cn(-c2ccc(N3C[C@H](C[NH-])OC3=O)cc2F)cn1.[Ac]. The number of anilines is 1. The molecule has 0 saturated carbocycles. The molecule has 2 aromatic carbocycles. The number of carbonyl (C=O) groups excluding carboxylic acids is 2. The normalized spacial score (nSPS) is 15.5. The molecule has 4 aromatic rings. The summed E-state index contributed by atoms with van der Waals surface area (Å²) in [6.07, 6.45) is 1.57.